The van der Waals surface area contributed by atoms with Crippen LogP contribution in [0.3, 0.4) is 0 Å². The number of benzene rings is 1. The van der Waals surface area contributed by atoms with Gasteiger partial charge in [-0.1, -0.05) is 39.0 Å². The molecule has 0 fully saturated rings. The molecule has 0 bridgehead atoms. The number of aryl methyl sites for hydroxylation is 1. The van der Waals surface area contributed by atoms with Crippen molar-refractivity contribution in [1.82, 2.24) is 9.78 Å². The Labute approximate surface area is 126 Å². The minimum atomic E-state index is -0.566. The highest BCUT2D eigenvalue weighted by Crippen LogP contribution is 2.28. The molecule has 0 amide bonds. The molecular weight excluding hydrogens is 264 g/mol. The van der Waals surface area contributed by atoms with Crippen LogP contribution < -0.4 is 0 Å². The van der Waals surface area contributed by atoms with E-state index in [-0.39, 0.29) is 11.5 Å². The normalized spacial score (nSPS) is 15.3. The number of aliphatic hydroxyl groups is 1. The second-order valence-electron chi connectivity index (χ2n) is 6.60. The van der Waals surface area contributed by atoms with Crippen molar-refractivity contribution in [2.45, 2.75) is 46.3 Å². The van der Waals surface area contributed by atoms with Crippen LogP contribution in [0.4, 0.5) is 0 Å². The number of aromatic nitrogens is 2. The monoisotopic (exact) mass is 290 g/mol. The van der Waals surface area contributed by atoms with E-state index in [1.807, 2.05) is 36.9 Å². The molecular formula is C17H26N2O2. The van der Waals surface area contributed by atoms with E-state index in [2.05, 4.69) is 31.9 Å². The maximum Gasteiger partial charge on any atom is 0.0885 e. The lowest BCUT2D eigenvalue weighted by molar-refractivity contribution is -0.0875. The number of para-hydroxylation sites is 1. The van der Waals surface area contributed by atoms with Crippen molar-refractivity contribution in [3.8, 4) is 0 Å². The van der Waals surface area contributed by atoms with Crippen LogP contribution >= 0.6 is 0 Å². The molecule has 0 aliphatic rings. The molecule has 0 aliphatic carbocycles. The SMILES string of the molecule is CCOC(C(O)Cc1nn(C)c2ccccc12)C(C)(C)C. The molecule has 4 heteroatoms. The fourth-order valence-corrected chi connectivity index (χ4v) is 2.86. The summed E-state index contributed by atoms with van der Waals surface area (Å²) >= 11 is 0. The Balaban J connectivity index is 2.26. The molecule has 4 nitrogen and oxygen atoms in total. The Kier molecular flexibility index (Phi) is 4.69. The molecule has 2 rings (SSSR count). The van der Waals surface area contributed by atoms with Crippen molar-refractivity contribution in [3.63, 3.8) is 0 Å². The molecule has 0 spiro atoms. The number of hydrogen-bond acceptors (Lipinski definition) is 3. The van der Waals surface area contributed by atoms with Crippen molar-refractivity contribution < 1.29 is 9.84 Å². The highest BCUT2D eigenvalue weighted by Gasteiger charge is 2.32. The van der Waals surface area contributed by atoms with Gasteiger partial charge < -0.3 is 9.84 Å². The Morgan fingerprint density at radius 2 is 1.95 bits per heavy atom. The quantitative estimate of drug-likeness (QED) is 0.921. The van der Waals surface area contributed by atoms with Gasteiger partial charge in [0, 0.05) is 25.5 Å². The number of nitrogens with zero attached hydrogens (tertiary/aromatic N) is 2. The van der Waals surface area contributed by atoms with E-state index in [1.54, 1.807) is 0 Å². The van der Waals surface area contributed by atoms with Gasteiger partial charge in [0.05, 0.1) is 23.4 Å². The zero-order valence-corrected chi connectivity index (χ0v) is 13.6. The van der Waals surface area contributed by atoms with Crippen LogP contribution in [0.1, 0.15) is 33.4 Å². The molecule has 0 radical (unpaired) electrons. The first kappa shape index (κ1) is 16.0. The summed E-state index contributed by atoms with van der Waals surface area (Å²) in [7, 11) is 1.93. The van der Waals surface area contributed by atoms with Crippen molar-refractivity contribution in [1.29, 1.82) is 0 Å². The molecule has 0 saturated heterocycles. The summed E-state index contributed by atoms with van der Waals surface area (Å²) in [6.45, 7) is 8.83. The summed E-state index contributed by atoms with van der Waals surface area (Å²) in [5, 5.41) is 16.3. The van der Waals surface area contributed by atoms with E-state index < -0.39 is 6.10 Å². The van der Waals surface area contributed by atoms with Crippen LogP contribution in [-0.2, 0) is 18.2 Å². The molecule has 21 heavy (non-hydrogen) atoms. The van der Waals surface area contributed by atoms with Gasteiger partial charge in [-0.15, -0.1) is 0 Å². The van der Waals surface area contributed by atoms with Gasteiger partial charge in [-0.2, -0.15) is 5.10 Å². The number of rotatable bonds is 5. The summed E-state index contributed by atoms with van der Waals surface area (Å²) in [4.78, 5) is 0. The highest BCUT2D eigenvalue weighted by molar-refractivity contribution is 5.81. The fraction of sp³-hybridized carbons (Fsp3) is 0.588. The van der Waals surface area contributed by atoms with Gasteiger partial charge in [0.2, 0.25) is 0 Å². The average Bonchev–Trinajstić information content (AvgIpc) is 2.72. The lowest BCUT2D eigenvalue weighted by atomic mass is 9.84. The molecule has 1 heterocycles. The molecule has 2 unspecified atom stereocenters. The third-order valence-electron chi connectivity index (χ3n) is 3.79. The molecule has 0 saturated carbocycles. The van der Waals surface area contributed by atoms with Crippen molar-refractivity contribution >= 4 is 10.9 Å². The Bertz CT molecular complexity index is 598. The number of ether oxygens (including phenoxy) is 1. The summed E-state index contributed by atoms with van der Waals surface area (Å²) in [6, 6.07) is 8.10. The maximum atomic E-state index is 10.6. The minimum Gasteiger partial charge on any atom is -0.390 e. The summed E-state index contributed by atoms with van der Waals surface area (Å²) in [6.07, 6.45) is -0.268. The maximum absolute atomic E-state index is 10.6. The third kappa shape index (κ3) is 3.44. The van der Waals surface area contributed by atoms with Crippen molar-refractivity contribution in [3.05, 3.63) is 30.0 Å². The summed E-state index contributed by atoms with van der Waals surface area (Å²) < 4.78 is 7.64. The Morgan fingerprint density at radius 3 is 2.57 bits per heavy atom. The van der Waals surface area contributed by atoms with Crippen LogP contribution in [0, 0.1) is 5.41 Å². The Hall–Kier alpha value is -1.39. The first-order valence-corrected chi connectivity index (χ1v) is 7.55. The molecule has 1 aromatic heterocycles. The van der Waals surface area contributed by atoms with Gasteiger partial charge in [0.1, 0.15) is 0 Å². The van der Waals surface area contributed by atoms with Crippen molar-refractivity contribution in [2.75, 3.05) is 6.61 Å². The lowest BCUT2D eigenvalue weighted by Gasteiger charge is -2.34. The largest absolute Gasteiger partial charge is 0.390 e. The smallest absolute Gasteiger partial charge is 0.0885 e. The first-order chi connectivity index (χ1) is 9.84. The number of fused-ring (bicyclic) bond motifs is 1. The average molecular weight is 290 g/mol. The molecule has 1 N–H and O–H groups in total. The van der Waals surface area contributed by atoms with E-state index in [0.29, 0.717) is 13.0 Å². The number of aliphatic hydroxyl groups excluding tert-OH is 1. The molecule has 2 atom stereocenters. The van der Waals surface area contributed by atoms with Crippen LogP contribution in [0.15, 0.2) is 24.3 Å². The van der Waals surface area contributed by atoms with Crippen LogP contribution in [0.5, 0.6) is 0 Å². The standard InChI is InChI=1S/C17H26N2O2/c1-6-21-16(17(2,3)4)15(20)11-13-12-9-7-8-10-14(12)19(5)18-13/h7-10,15-16,20H,6,11H2,1-5H3. The van der Waals surface area contributed by atoms with Gasteiger partial charge in [-0.3, -0.25) is 4.68 Å². The van der Waals surface area contributed by atoms with Crippen LogP contribution in [-0.4, -0.2) is 33.7 Å². The van der Waals surface area contributed by atoms with Crippen molar-refractivity contribution in [2.24, 2.45) is 12.5 Å². The van der Waals surface area contributed by atoms with E-state index in [4.69, 9.17) is 4.74 Å². The summed E-state index contributed by atoms with van der Waals surface area (Å²) in [5.41, 5.74) is 1.90. The zero-order valence-electron chi connectivity index (χ0n) is 13.6. The lowest BCUT2D eigenvalue weighted by Crippen LogP contribution is -2.41. The van der Waals surface area contributed by atoms with E-state index in [0.717, 1.165) is 16.6 Å². The van der Waals surface area contributed by atoms with Gasteiger partial charge in [-0.05, 0) is 18.4 Å². The first-order valence-electron chi connectivity index (χ1n) is 7.55. The highest BCUT2D eigenvalue weighted by atomic mass is 16.5. The topological polar surface area (TPSA) is 47.3 Å². The molecule has 116 valence electrons. The third-order valence-corrected chi connectivity index (χ3v) is 3.79. The van der Waals surface area contributed by atoms with Gasteiger partial charge >= 0.3 is 0 Å². The van der Waals surface area contributed by atoms with E-state index >= 15 is 0 Å². The predicted octanol–water partition coefficient (Wildman–Crippen LogP) is 2.93. The van der Waals surface area contributed by atoms with Gasteiger partial charge in [-0.25, -0.2) is 0 Å². The minimum absolute atomic E-state index is 0.111. The van der Waals surface area contributed by atoms with E-state index in [9.17, 15) is 5.11 Å². The zero-order chi connectivity index (χ0) is 15.6. The van der Waals surface area contributed by atoms with Gasteiger partial charge in [0.25, 0.3) is 0 Å². The molecule has 2 aromatic rings. The van der Waals surface area contributed by atoms with Gasteiger partial charge in [0.15, 0.2) is 0 Å². The van der Waals surface area contributed by atoms with Crippen LogP contribution in [0.2, 0.25) is 0 Å². The molecule has 0 aliphatic heterocycles. The predicted molar refractivity (Wildman–Crippen MR) is 85.3 cm³/mol. The fourth-order valence-electron chi connectivity index (χ4n) is 2.86. The Morgan fingerprint density at radius 1 is 1.29 bits per heavy atom. The molecule has 1 aromatic carbocycles. The second kappa shape index (κ2) is 6.16. The number of hydrogen-bond donors (Lipinski definition) is 1. The second-order valence-corrected chi connectivity index (χ2v) is 6.60. The van der Waals surface area contributed by atoms with Crippen LogP contribution in [0.25, 0.3) is 10.9 Å². The summed E-state index contributed by atoms with van der Waals surface area (Å²) in [5.74, 6) is 0. The van der Waals surface area contributed by atoms with E-state index in [1.165, 1.54) is 0 Å².